The van der Waals surface area contributed by atoms with E-state index in [9.17, 15) is 9.59 Å². The van der Waals surface area contributed by atoms with Crippen LogP contribution in [0, 0.1) is 0 Å². The van der Waals surface area contributed by atoms with Gasteiger partial charge >= 0.3 is 6.03 Å². The smallest absolute Gasteiger partial charge is 0.321 e. The van der Waals surface area contributed by atoms with Gasteiger partial charge in [0.15, 0.2) is 6.54 Å². The molecule has 2 atom stereocenters. The molecule has 0 saturated carbocycles. The summed E-state index contributed by atoms with van der Waals surface area (Å²) in [5, 5.41) is 5.29. The van der Waals surface area contributed by atoms with Crippen LogP contribution in [0.25, 0.3) is 0 Å². The molecule has 3 amide bonds. The minimum absolute atomic E-state index is 0.165. The first-order valence-electron chi connectivity index (χ1n) is 10.9. The topological polar surface area (TPSA) is 81.1 Å². The molecule has 7 nitrogen and oxygen atoms in total. The summed E-state index contributed by atoms with van der Waals surface area (Å²) in [6, 6.07) is 5.56. The second kappa shape index (κ2) is 11.0. The van der Waals surface area contributed by atoms with Crippen molar-refractivity contribution in [3.63, 3.8) is 0 Å². The van der Waals surface area contributed by atoms with E-state index >= 15 is 0 Å². The SMILES string of the molecule is COc1ccc([C@H]2CCC[NH+]2CC(=O)NC(=O)NCCC2=CCCCC2)c(OC)c1. The zero-order chi connectivity index (χ0) is 21.3. The van der Waals surface area contributed by atoms with Crippen molar-refractivity contribution in [2.75, 3.05) is 33.9 Å². The Morgan fingerprint density at radius 1 is 1.17 bits per heavy atom. The Hall–Kier alpha value is -2.54. The quantitative estimate of drug-likeness (QED) is 0.567. The number of hydrogen-bond acceptors (Lipinski definition) is 4. The number of allylic oxidation sites excluding steroid dienone is 1. The molecule has 2 aliphatic rings. The van der Waals surface area contributed by atoms with Gasteiger partial charge in [0.1, 0.15) is 17.5 Å². The van der Waals surface area contributed by atoms with Gasteiger partial charge in [-0.2, -0.15) is 0 Å². The number of likely N-dealkylation sites (tertiary alicyclic amines) is 1. The van der Waals surface area contributed by atoms with Crippen LogP contribution in [-0.4, -0.2) is 45.8 Å². The number of carbonyl (C=O) groups is 2. The summed E-state index contributed by atoms with van der Waals surface area (Å²) < 4.78 is 10.8. The fourth-order valence-electron chi connectivity index (χ4n) is 4.49. The van der Waals surface area contributed by atoms with Crippen molar-refractivity contribution in [1.29, 1.82) is 0 Å². The van der Waals surface area contributed by atoms with Gasteiger partial charge in [-0.15, -0.1) is 0 Å². The van der Waals surface area contributed by atoms with E-state index in [0.29, 0.717) is 6.54 Å². The first-order valence-corrected chi connectivity index (χ1v) is 10.9. The van der Waals surface area contributed by atoms with Crippen molar-refractivity contribution in [2.24, 2.45) is 0 Å². The molecular formula is C23H34N3O4+. The van der Waals surface area contributed by atoms with Crippen LogP contribution in [0.1, 0.15) is 56.6 Å². The van der Waals surface area contributed by atoms with E-state index in [-0.39, 0.29) is 18.5 Å². The summed E-state index contributed by atoms with van der Waals surface area (Å²) in [6.07, 6.45) is 9.90. The van der Waals surface area contributed by atoms with Gasteiger partial charge in [0, 0.05) is 25.5 Å². The molecule has 0 aromatic heterocycles. The largest absolute Gasteiger partial charge is 0.497 e. The average molecular weight is 417 g/mol. The second-order valence-corrected chi connectivity index (χ2v) is 8.05. The van der Waals surface area contributed by atoms with E-state index in [2.05, 4.69) is 16.7 Å². The Morgan fingerprint density at radius 2 is 2.03 bits per heavy atom. The molecule has 30 heavy (non-hydrogen) atoms. The van der Waals surface area contributed by atoms with Crippen molar-refractivity contribution in [1.82, 2.24) is 10.6 Å². The van der Waals surface area contributed by atoms with Gasteiger partial charge in [-0.25, -0.2) is 4.79 Å². The van der Waals surface area contributed by atoms with Crippen LogP contribution in [0.2, 0.25) is 0 Å². The molecule has 3 N–H and O–H groups in total. The summed E-state index contributed by atoms with van der Waals surface area (Å²) in [7, 11) is 3.27. The van der Waals surface area contributed by atoms with E-state index in [1.165, 1.54) is 18.4 Å². The highest BCUT2D eigenvalue weighted by Crippen LogP contribution is 2.31. The predicted octanol–water partition coefficient (Wildman–Crippen LogP) is 2.14. The number of quaternary nitrogens is 1. The van der Waals surface area contributed by atoms with Crippen molar-refractivity contribution in [3.05, 3.63) is 35.4 Å². The number of carbonyl (C=O) groups excluding carboxylic acids is 2. The molecule has 1 heterocycles. The van der Waals surface area contributed by atoms with E-state index in [0.717, 1.165) is 60.6 Å². The Bertz CT molecular complexity index is 778. The molecule has 1 unspecified atom stereocenters. The minimum Gasteiger partial charge on any atom is -0.497 e. The van der Waals surface area contributed by atoms with E-state index in [1.807, 2.05) is 18.2 Å². The van der Waals surface area contributed by atoms with Gasteiger partial charge in [0.25, 0.3) is 5.91 Å². The number of imide groups is 1. The number of rotatable bonds is 8. The van der Waals surface area contributed by atoms with Gasteiger partial charge in [0.05, 0.1) is 26.3 Å². The highest BCUT2D eigenvalue weighted by atomic mass is 16.5. The Kier molecular flexibility index (Phi) is 8.13. The zero-order valence-electron chi connectivity index (χ0n) is 18.1. The molecule has 164 valence electrons. The monoisotopic (exact) mass is 416 g/mol. The van der Waals surface area contributed by atoms with Crippen LogP contribution in [0.4, 0.5) is 4.79 Å². The van der Waals surface area contributed by atoms with E-state index in [1.54, 1.807) is 14.2 Å². The van der Waals surface area contributed by atoms with E-state index in [4.69, 9.17) is 9.47 Å². The Labute approximate surface area is 178 Å². The first kappa shape index (κ1) is 22.2. The third kappa shape index (κ3) is 5.98. The summed E-state index contributed by atoms with van der Waals surface area (Å²) in [5.74, 6) is 1.27. The molecule has 1 fully saturated rings. The van der Waals surface area contributed by atoms with Crippen LogP contribution in [0.15, 0.2) is 29.8 Å². The molecule has 1 aromatic rings. The summed E-state index contributed by atoms with van der Waals surface area (Å²) in [5.41, 5.74) is 2.48. The number of nitrogens with one attached hydrogen (secondary N) is 3. The predicted molar refractivity (Wildman–Crippen MR) is 115 cm³/mol. The molecule has 7 heteroatoms. The zero-order valence-corrected chi connectivity index (χ0v) is 18.1. The molecular weight excluding hydrogens is 382 g/mol. The molecule has 1 saturated heterocycles. The first-order chi connectivity index (χ1) is 14.6. The average Bonchev–Trinajstić information content (AvgIpc) is 3.21. The lowest BCUT2D eigenvalue weighted by atomic mass is 9.97. The summed E-state index contributed by atoms with van der Waals surface area (Å²) in [4.78, 5) is 25.7. The maximum absolute atomic E-state index is 12.5. The lowest BCUT2D eigenvalue weighted by Crippen LogP contribution is -3.11. The maximum atomic E-state index is 12.5. The van der Waals surface area contributed by atoms with Crippen molar-refractivity contribution >= 4 is 11.9 Å². The number of ether oxygens (including phenoxy) is 2. The normalized spacial score (nSPS) is 20.9. The molecule has 1 aliphatic heterocycles. The van der Waals surface area contributed by atoms with E-state index < -0.39 is 6.03 Å². The minimum atomic E-state index is -0.409. The molecule has 1 aromatic carbocycles. The molecule has 0 bridgehead atoms. The van der Waals surface area contributed by atoms with Crippen LogP contribution in [-0.2, 0) is 4.79 Å². The van der Waals surface area contributed by atoms with Crippen LogP contribution in [0.3, 0.4) is 0 Å². The van der Waals surface area contributed by atoms with Crippen LogP contribution >= 0.6 is 0 Å². The highest BCUT2D eigenvalue weighted by molar-refractivity contribution is 5.94. The number of amides is 3. The second-order valence-electron chi connectivity index (χ2n) is 8.05. The molecule has 3 rings (SSSR count). The molecule has 0 radical (unpaired) electrons. The Morgan fingerprint density at radius 3 is 2.77 bits per heavy atom. The lowest BCUT2D eigenvalue weighted by molar-refractivity contribution is -0.910. The third-order valence-electron chi connectivity index (χ3n) is 6.06. The fraction of sp³-hybridized carbons (Fsp3) is 0.565. The van der Waals surface area contributed by atoms with Crippen LogP contribution < -0.4 is 25.0 Å². The standard InChI is InChI=1S/C23H33N3O4/c1-29-18-10-11-19(21(15-18)30-2)20-9-6-14-26(20)16-22(27)25-23(28)24-13-12-17-7-4-3-5-8-17/h7,10-11,15,20H,3-6,8-9,12-14,16H2,1-2H3,(H2,24,25,27,28)/p+1/t20-/m1/s1. The number of methoxy groups -OCH3 is 2. The third-order valence-corrected chi connectivity index (χ3v) is 6.06. The summed E-state index contributed by atoms with van der Waals surface area (Å²) >= 11 is 0. The molecule has 0 spiro atoms. The fourth-order valence-corrected chi connectivity index (χ4v) is 4.49. The number of benzene rings is 1. The van der Waals surface area contributed by atoms with Gasteiger partial charge in [0.2, 0.25) is 0 Å². The van der Waals surface area contributed by atoms with Crippen molar-refractivity contribution in [2.45, 2.75) is 51.0 Å². The van der Waals surface area contributed by atoms with Gasteiger partial charge in [-0.1, -0.05) is 11.6 Å². The number of hydrogen-bond donors (Lipinski definition) is 3. The van der Waals surface area contributed by atoms with Gasteiger partial charge < -0.3 is 19.7 Å². The highest BCUT2D eigenvalue weighted by Gasteiger charge is 2.34. The van der Waals surface area contributed by atoms with Crippen LogP contribution in [0.5, 0.6) is 11.5 Å². The lowest BCUT2D eigenvalue weighted by Gasteiger charge is -2.23. The Balaban J connectivity index is 1.49. The molecule has 1 aliphatic carbocycles. The van der Waals surface area contributed by atoms with Gasteiger partial charge in [-0.3, -0.25) is 10.1 Å². The van der Waals surface area contributed by atoms with Gasteiger partial charge in [-0.05, 0) is 44.2 Å². The van der Waals surface area contributed by atoms with Crippen molar-refractivity contribution < 1.29 is 24.0 Å². The number of urea groups is 1. The van der Waals surface area contributed by atoms with Crippen molar-refractivity contribution in [3.8, 4) is 11.5 Å². The maximum Gasteiger partial charge on any atom is 0.321 e. The summed E-state index contributed by atoms with van der Waals surface area (Å²) in [6.45, 7) is 1.72.